The Labute approximate surface area is 211 Å². The first-order chi connectivity index (χ1) is 17.2. The normalized spacial score (nSPS) is 24.6. The van der Waals surface area contributed by atoms with Gasteiger partial charge in [0.1, 0.15) is 11.5 Å². The van der Waals surface area contributed by atoms with Crippen molar-refractivity contribution in [3.05, 3.63) is 64.5 Å². The molecule has 4 rings (SSSR count). The number of anilines is 1. The summed E-state index contributed by atoms with van der Waals surface area (Å²) in [5, 5.41) is 5.28. The summed E-state index contributed by atoms with van der Waals surface area (Å²) in [5.74, 6) is 0.0184. The second kappa shape index (κ2) is 10.3. The molecule has 2 heterocycles. The third-order valence-corrected chi connectivity index (χ3v) is 7.86. The van der Waals surface area contributed by atoms with Crippen LogP contribution in [0.3, 0.4) is 0 Å². The number of rotatable bonds is 6. The molecule has 1 aliphatic heterocycles. The number of hydrazine groups is 1. The average Bonchev–Trinajstić information content (AvgIpc) is 2.86. The predicted molar refractivity (Wildman–Crippen MR) is 141 cm³/mol. The molecule has 1 spiro atoms. The van der Waals surface area contributed by atoms with E-state index >= 15 is 4.39 Å². The molecule has 9 heteroatoms. The van der Waals surface area contributed by atoms with Crippen LogP contribution in [0.5, 0.6) is 0 Å². The molecule has 4 N–H and O–H groups in total. The first-order valence-corrected chi connectivity index (χ1v) is 12.4. The summed E-state index contributed by atoms with van der Waals surface area (Å²) in [6.45, 7) is 4.65. The van der Waals surface area contributed by atoms with E-state index in [2.05, 4.69) is 27.7 Å². The number of aromatic nitrogens is 1. The molecule has 1 amide bonds. The lowest BCUT2D eigenvalue weighted by Gasteiger charge is -2.61. The zero-order valence-corrected chi connectivity index (χ0v) is 21.3. The van der Waals surface area contributed by atoms with Crippen molar-refractivity contribution in [2.24, 2.45) is 23.7 Å². The minimum absolute atomic E-state index is 0.0506. The topological polar surface area (TPSA) is 105 Å². The lowest BCUT2D eigenvalue weighted by atomic mass is 9.67. The number of amides is 1. The van der Waals surface area contributed by atoms with E-state index < -0.39 is 0 Å². The Kier molecular flexibility index (Phi) is 7.31. The monoisotopic (exact) mass is 494 g/mol. The van der Waals surface area contributed by atoms with Gasteiger partial charge < -0.3 is 21.0 Å². The Hall–Kier alpha value is -3.46. The molecule has 0 bridgehead atoms. The highest BCUT2D eigenvalue weighted by Crippen LogP contribution is 2.45. The van der Waals surface area contributed by atoms with E-state index in [4.69, 9.17) is 5.73 Å². The molecular formula is C27H35FN6O2. The standard InChI is InChI=1S/C27H35FN6O2/c1-17-9-12-27(13-10-17)24(31-26(36)23(30-3)11-14-29)16-34(27)32-19-5-6-21(22(28)15-19)20-7-8-25(35)33(4)18(20)2/h5-8,11,14-15,17,24,32H,9-10,12-13,16,29H2,1-4H3,(H,31,36)/t17?,24-,27?/m1/s1. The van der Waals surface area contributed by atoms with Crippen molar-refractivity contribution in [2.75, 3.05) is 19.0 Å². The molecule has 1 saturated heterocycles. The maximum absolute atomic E-state index is 15.2. The van der Waals surface area contributed by atoms with Crippen LogP contribution in [-0.4, -0.2) is 46.4 Å². The fraction of sp³-hybridized carbons (Fsp3) is 0.444. The SMILES string of the molecule is CN=C(C=CN)C(=O)N[C@@H]1CN(Nc2ccc(-c3ccc(=O)n(C)c3C)c(F)c2)C12CCC(C)CC2. The zero-order valence-electron chi connectivity index (χ0n) is 21.3. The molecule has 8 nitrogen and oxygen atoms in total. The molecule has 1 aromatic heterocycles. The zero-order chi connectivity index (χ0) is 26.0. The van der Waals surface area contributed by atoms with E-state index in [1.807, 2.05) is 13.0 Å². The van der Waals surface area contributed by atoms with Crippen LogP contribution in [0.15, 0.2) is 52.4 Å². The number of carbonyl (C=O) groups is 1. The van der Waals surface area contributed by atoms with Gasteiger partial charge in [-0.2, -0.15) is 0 Å². The van der Waals surface area contributed by atoms with Gasteiger partial charge in [0.2, 0.25) is 5.56 Å². The number of aliphatic imine (C=N–C) groups is 1. The summed E-state index contributed by atoms with van der Waals surface area (Å²) >= 11 is 0. The molecule has 2 aromatic rings. The van der Waals surface area contributed by atoms with Crippen LogP contribution in [0.1, 0.15) is 38.3 Å². The molecular weight excluding hydrogens is 459 g/mol. The van der Waals surface area contributed by atoms with E-state index in [0.717, 1.165) is 25.7 Å². The van der Waals surface area contributed by atoms with Crippen molar-refractivity contribution in [3.8, 4) is 11.1 Å². The Morgan fingerprint density at radius 3 is 2.56 bits per heavy atom. The Morgan fingerprint density at radius 2 is 1.92 bits per heavy atom. The van der Waals surface area contributed by atoms with Crippen LogP contribution in [0.4, 0.5) is 10.1 Å². The van der Waals surface area contributed by atoms with Crippen LogP contribution in [0.25, 0.3) is 11.1 Å². The number of nitrogens with one attached hydrogen (secondary N) is 2. The molecule has 1 aliphatic carbocycles. The minimum atomic E-state index is -0.365. The van der Waals surface area contributed by atoms with Gasteiger partial charge >= 0.3 is 0 Å². The van der Waals surface area contributed by atoms with Gasteiger partial charge in [0, 0.05) is 43.5 Å². The lowest BCUT2D eigenvalue weighted by Crippen LogP contribution is -2.77. The molecule has 0 radical (unpaired) electrons. The molecule has 192 valence electrons. The van der Waals surface area contributed by atoms with E-state index in [-0.39, 0.29) is 34.6 Å². The summed E-state index contributed by atoms with van der Waals surface area (Å²) in [7, 11) is 3.25. The van der Waals surface area contributed by atoms with Gasteiger partial charge in [-0.15, -0.1) is 0 Å². The van der Waals surface area contributed by atoms with Gasteiger partial charge in [-0.3, -0.25) is 14.6 Å². The van der Waals surface area contributed by atoms with Crippen LogP contribution < -0.4 is 22.0 Å². The molecule has 0 unspecified atom stereocenters. The first-order valence-electron chi connectivity index (χ1n) is 12.4. The highest BCUT2D eigenvalue weighted by Gasteiger charge is 2.55. The summed E-state index contributed by atoms with van der Waals surface area (Å²) in [6, 6.07) is 8.14. The van der Waals surface area contributed by atoms with Crippen molar-refractivity contribution in [3.63, 3.8) is 0 Å². The van der Waals surface area contributed by atoms with Crippen molar-refractivity contribution in [2.45, 2.75) is 51.1 Å². The van der Waals surface area contributed by atoms with Gasteiger partial charge in [-0.25, -0.2) is 9.40 Å². The van der Waals surface area contributed by atoms with E-state index in [0.29, 0.717) is 35.0 Å². The van der Waals surface area contributed by atoms with Gasteiger partial charge in [-0.1, -0.05) is 6.92 Å². The summed E-state index contributed by atoms with van der Waals surface area (Å²) in [4.78, 5) is 28.7. The minimum Gasteiger partial charge on any atom is -0.405 e. The highest BCUT2D eigenvalue weighted by molar-refractivity contribution is 6.43. The van der Waals surface area contributed by atoms with Gasteiger partial charge in [0.25, 0.3) is 5.91 Å². The van der Waals surface area contributed by atoms with Gasteiger partial charge in [0.15, 0.2) is 0 Å². The fourth-order valence-electron chi connectivity index (χ4n) is 5.38. The summed E-state index contributed by atoms with van der Waals surface area (Å²) in [6.07, 6.45) is 6.77. The highest BCUT2D eigenvalue weighted by atomic mass is 19.1. The van der Waals surface area contributed by atoms with Crippen LogP contribution >= 0.6 is 0 Å². The van der Waals surface area contributed by atoms with E-state index in [1.165, 1.54) is 29.0 Å². The molecule has 2 fully saturated rings. The van der Waals surface area contributed by atoms with Crippen molar-refractivity contribution < 1.29 is 9.18 Å². The maximum atomic E-state index is 15.2. The molecule has 1 saturated carbocycles. The van der Waals surface area contributed by atoms with E-state index in [9.17, 15) is 9.59 Å². The number of benzene rings is 1. The number of hydrogen-bond donors (Lipinski definition) is 3. The van der Waals surface area contributed by atoms with Crippen LogP contribution in [0, 0.1) is 18.7 Å². The number of hydrogen-bond acceptors (Lipinski definition) is 6. The maximum Gasteiger partial charge on any atom is 0.269 e. The van der Waals surface area contributed by atoms with Gasteiger partial charge in [0.05, 0.1) is 17.3 Å². The quantitative estimate of drug-likeness (QED) is 0.536. The Morgan fingerprint density at radius 1 is 1.22 bits per heavy atom. The van der Waals surface area contributed by atoms with E-state index in [1.54, 1.807) is 26.2 Å². The lowest BCUT2D eigenvalue weighted by molar-refractivity contribution is -0.122. The first kappa shape index (κ1) is 25.6. The molecule has 36 heavy (non-hydrogen) atoms. The fourth-order valence-corrected chi connectivity index (χ4v) is 5.38. The number of pyridine rings is 1. The largest absolute Gasteiger partial charge is 0.405 e. The Balaban J connectivity index is 1.54. The summed E-state index contributed by atoms with van der Waals surface area (Å²) in [5.41, 5.74) is 11.2. The van der Waals surface area contributed by atoms with Crippen molar-refractivity contribution >= 4 is 17.3 Å². The number of nitrogens with two attached hydrogens (primary N) is 1. The van der Waals surface area contributed by atoms with Crippen molar-refractivity contribution in [1.82, 2.24) is 14.9 Å². The average molecular weight is 495 g/mol. The van der Waals surface area contributed by atoms with Crippen LogP contribution in [0.2, 0.25) is 0 Å². The summed E-state index contributed by atoms with van der Waals surface area (Å²) < 4.78 is 16.7. The smallest absolute Gasteiger partial charge is 0.269 e. The Bertz CT molecular complexity index is 1260. The molecule has 1 aromatic carbocycles. The van der Waals surface area contributed by atoms with Crippen LogP contribution in [-0.2, 0) is 11.8 Å². The van der Waals surface area contributed by atoms with Crippen molar-refractivity contribution in [1.29, 1.82) is 0 Å². The second-order valence-electron chi connectivity index (χ2n) is 9.93. The third kappa shape index (κ3) is 4.67. The number of halogens is 1. The van der Waals surface area contributed by atoms with Gasteiger partial charge in [-0.05, 0) is 75.1 Å². The molecule has 2 aliphatic rings. The predicted octanol–water partition coefficient (Wildman–Crippen LogP) is 3.12. The third-order valence-electron chi connectivity index (χ3n) is 7.86. The number of carbonyl (C=O) groups excluding carboxylic acids is 1. The number of nitrogens with zero attached hydrogens (tertiary/aromatic N) is 3. The molecule has 1 atom stereocenters. The second-order valence-corrected chi connectivity index (χ2v) is 9.93.